The minimum Gasteiger partial charge on any atom is -0.348 e. The van der Waals surface area contributed by atoms with E-state index < -0.39 is 25.0 Å². The van der Waals surface area contributed by atoms with Crippen molar-refractivity contribution in [3.8, 4) is 0 Å². The van der Waals surface area contributed by atoms with Crippen molar-refractivity contribution < 1.29 is 28.0 Å². The van der Waals surface area contributed by atoms with Crippen LogP contribution >= 0.6 is 7.37 Å². The van der Waals surface area contributed by atoms with Crippen LogP contribution in [0.15, 0.2) is 60.7 Å². The normalized spacial score (nSPS) is 34.2. The van der Waals surface area contributed by atoms with Crippen LogP contribution in [0.2, 0.25) is 0 Å². The number of ether oxygens (including phenoxy) is 4. The maximum Gasteiger partial charge on any atom is 0.235 e. The molecule has 0 aliphatic carbocycles. The second kappa shape index (κ2) is 9.59. The highest BCUT2D eigenvalue weighted by atomic mass is 31.2. The van der Waals surface area contributed by atoms with E-state index in [9.17, 15) is 4.57 Å². The number of hydrogen-bond acceptors (Lipinski definition) is 7. The van der Waals surface area contributed by atoms with Crippen molar-refractivity contribution in [1.82, 2.24) is 0 Å². The first-order valence-electron chi connectivity index (χ1n) is 11.4. The minimum absolute atomic E-state index is 0.299. The quantitative estimate of drug-likeness (QED) is 0.676. The maximum atomic E-state index is 13.7. The molecule has 3 heterocycles. The van der Waals surface area contributed by atoms with Crippen LogP contribution in [0, 0.1) is 0 Å². The van der Waals surface area contributed by atoms with Gasteiger partial charge in [0, 0.05) is 11.8 Å². The molecule has 3 saturated heterocycles. The lowest BCUT2D eigenvalue weighted by molar-refractivity contribution is -0.174. The van der Waals surface area contributed by atoms with Gasteiger partial charge in [0.2, 0.25) is 7.37 Å². The second-order valence-electron chi connectivity index (χ2n) is 9.46. The topological polar surface area (TPSA) is 89.2 Å². The number of rotatable bonds is 3. The van der Waals surface area contributed by atoms with Gasteiger partial charge in [-0.25, -0.2) is 0 Å². The molecular weight excluding hydrogens is 441 g/mol. The second-order valence-corrected chi connectivity index (χ2v) is 11.9. The lowest BCUT2D eigenvalue weighted by Crippen LogP contribution is -2.51. The Morgan fingerprint density at radius 1 is 0.848 bits per heavy atom. The standard InChI is InChI=1S/C18H25O6P.C7H9N/c1-17(2)20-10-13(21-17)16-15-14(22-18(3,4)23-15)11-25(19,24-16)12-8-6-5-7-9-12;8-6-7-4-2-1-3-5-7/h5-9,13-16H,10-11H2,1-4H3;1-5H,6,8H2/t13-,14-,15-,16-,25-;/m1./s1. The molecule has 0 spiro atoms. The summed E-state index contributed by atoms with van der Waals surface area (Å²) in [5, 5.41) is 0.699. The van der Waals surface area contributed by atoms with E-state index in [1.807, 2.05) is 88.4 Å². The highest BCUT2D eigenvalue weighted by Crippen LogP contribution is 2.56. The summed E-state index contributed by atoms with van der Waals surface area (Å²) in [5.74, 6) is -1.43. The van der Waals surface area contributed by atoms with Crippen LogP contribution in [0.5, 0.6) is 0 Å². The van der Waals surface area contributed by atoms with Crippen LogP contribution in [-0.4, -0.2) is 48.8 Å². The molecule has 3 fully saturated rings. The third kappa shape index (κ3) is 5.75. The van der Waals surface area contributed by atoms with E-state index in [0.717, 1.165) is 0 Å². The first-order chi connectivity index (χ1) is 15.6. The average Bonchev–Trinajstić information content (AvgIpc) is 3.31. The summed E-state index contributed by atoms with van der Waals surface area (Å²) < 4.78 is 43.6. The van der Waals surface area contributed by atoms with Crippen molar-refractivity contribution in [3.05, 3.63) is 66.2 Å². The molecule has 180 valence electrons. The van der Waals surface area contributed by atoms with E-state index in [0.29, 0.717) is 24.6 Å². The molecule has 3 aliphatic rings. The van der Waals surface area contributed by atoms with Gasteiger partial charge in [0.05, 0.1) is 18.9 Å². The summed E-state index contributed by atoms with van der Waals surface area (Å²) >= 11 is 0. The molecule has 7 nitrogen and oxygen atoms in total. The van der Waals surface area contributed by atoms with Crippen LogP contribution in [-0.2, 0) is 34.6 Å². The summed E-state index contributed by atoms with van der Waals surface area (Å²) in [4.78, 5) is 0. The van der Waals surface area contributed by atoms with Gasteiger partial charge in [-0.2, -0.15) is 0 Å². The van der Waals surface area contributed by atoms with Gasteiger partial charge in [-0.05, 0) is 45.4 Å². The zero-order chi connectivity index (χ0) is 23.7. The Labute approximate surface area is 196 Å². The molecule has 8 heteroatoms. The molecule has 0 saturated carbocycles. The summed E-state index contributed by atoms with van der Waals surface area (Å²) in [6.45, 7) is 8.47. The highest BCUT2D eigenvalue weighted by molar-refractivity contribution is 7.67. The molecule has 2 aromatic rings. The fraction of sp³-hybridized carbons (Fsp3) is 0.520. The first kappa shape index (κ1) is 24.6. The molecule has 5 rings (SSSR count). The molecule has 0 aromatic heterocycles. The van der Waals surface area contributed by atoms with Gasteiger partial charge in [-0.3, -0.25) is 4.57 Å². The van der Waals surface area contributed by atoms with E-state index in [-0.39, 0.29) is 18.3 Å². The zero-order valence-corrected chi connectivity index (χ0v) is 20.6. The van der Waals surface area contributed by atoms with Gasteiger partial charge in [-0.1, -0.05) is 48.5 Å². The molecule has 0 amide bonds. The van der Waals surface area contributed by atoms with Crippen molar-refractivity contribution >= 4 is 12.7 Å². The summed E-state index contributed by atoms with van der Waals surface area (Å²) in [6.07, 6.45) is -1.18. The van der Waals surface area contributed by atoms with Crippen molar-refractivity contribution in [3.63, 3.8) is 0 Å². The fourth-order valence-electron chi connectivity index (χ4n) is 4.41. The predicted molar refractivity (Wildman–Crippen MR) is 126 cm³/mol. The molecule has 0 bridgehead atoms. The third-order valence-electron chi connectivity index (χ3n) is 5.88. The van der Waals surface area contributed by atoms with Crippen molar-refractivity contribution in [2.45, 2.75) is 70.2 Å². The lowest BCUT2D eigenvalue weighted by atomic mass is 10.0. The van der Waals surface area contributed by atoms with Crippen LogP contribution in [0.25, 0.3) is 0 Å². The molecule has 2 aromatic carbocycles. The molecule has 2 N–H and O–H groups in total. The Hall–Kier alpha value is -1.57. The van der Waals surface area contributed by atoms with E-state index in [1.165, 1.54) is 5.56 Å². The van der Waals surface area contributed by atoms with Gasteiger partial charge >= 0.3 is 0 Å². The minimum atomic E-state index is -3.08. The number of fused-ring (bicyclic) bond motifs is 1. The van der Waals surface area contributed by atoms with E-state index in [1.54, 1.807) is 0 Å². The highest BCUT2D eigenvalue weighted by Gasteiger charge is 2.57. The predicted octanol–water partition coefficient (Wildman–Crippen LogP) is 3.81. The number of nitrogens with two attached hydrogens (primary N) is 1. The molecule has 5 atom stereocenters. The SMILES string of the molecule is CC1(C)OC[C@H]([C@H]2O[P@@](=O)(c3ccccc3)C[C@H]3OC(C)(C)O[C@@H]23)O1.NCc1ccccc1. The lowest BCUT2D eigenvalue weighted by Gasteiger charge is -2.38. The van der Waals surface area contributed by atoms with E-state index in [4.69, 9.17) is 29.2 Å². The molecule has 0 unspecified atom stereocenters. The fourth-order valence-corrected chi connectivity index (χ4v) is 6.86. The van der Waals surface area contributed by atoms with Gasteiger partial charge in [-0.15, -0.1) is 0 Å². The Kier molecular flexibility index (Phi) is 7.13. The van der Waals surface area contributed by atoms with Crippen LogP contribution < -0.4 is 11.0 Å². The molecular formula is C25H34NO6P. The molecule has 33 heavy (non-hydrogen) atoms. The average molecular weight is 476 g/mol. The van der Waals surface area contributed by atoms with E-state index in [2.05, 4.69) is 0 Å². The monoisotopic (exact) mass is 475 g/mol. The number of benzene rings is 2. The largest absolute Gasteiger partial charge is 0.348 e. The summed E-state index contributed by atoms with van der Waals surface area (Å²) in [6, 6.07) is 19.3. The summed E-state index contributed by atoms with van der Waals surface area (Å²) in [7, 11) is -3.08. The zero-order valence-electron chi connectivity index (χ0n) is 19.7. The molecule has 0 radical (unpaired) electrons. The third-order valence-corrected chi connectivity index (χ3v) is 8.39. The van der Waals surface area contributed by atoms with E-state index >= 15 is 0 Å². The Morgan fingerprint density at radius 2 is 1.45 bits per heavy atom. The maximum absolute atomic E-state index is 13.7. The summed E-state index contributed by atoms with van der Waals surface area (Å²) in [5.41, 5.74) is 6.54. The van der Waals surface area contributed by atoms with Crippen molar-refractivity contribution in [2.75, 3.05) is 12.8 Å². The van der Waals surface area contributed by atoms with Gasteiger partial charge in [0.1, 0.15) is 18.3 Å². The molecule has 3 aliphatic heterocycles. The smallest absolute Gasteiger partial charge is 0.235 e. The van der Waals surface area contributed by atoms with Crippen molar-refractivity contribution in [2.24, 2.45) is 5.73 Å². The number of hydrogen-bond donors (Lipinski definition) is 1. The van der Waals surface area contributed by atoms with Crippen molar-refractivity contribution in [1.29, 1.82) is 0 Å². The van der Waals surface area contributed by atoms with Crippen LogP contribution in [0.4, 0.5) is 0 Å². The van der Waals surface area contributed by atoms with Crippen LogP contribution in [0.1, 0.15) is 33.3 Å². The van der Waals surface area contributed by atoms with Crippen LogP contribution in [0.3, 0.4) is 0 Å². The van der Waals surface area contributed by atoms with Gasteiger partial charge < -0.3 is 29.2 Å². The Bertz CT molecular complexity index is 967. The van der Waals surface area contributed by atoms with Gasteiger partial charge in [0.25, 0.3) is 0 Å². The Balaban J connectivity index is 0.000000275. The van der Waals surface area contributed by atoms with Gasteiger partial charge in [0.15, 0.2) is 11.6 Å². The Morgan fingerprint density at radius 3 is 2.00 bits per heavy atom. The first-order valence-corrected chi connectivity index (χ1v) is 13.2.